The lowest BCUT2D eigenvalue weighted by Crippen LogP contribution is -2.48. The van der Waals surface area contributed by atoms with E-state index in [2.05, 4.69) is 5.43 Å². The molecule has 0 aliphatic carbocycles. The van der Waals surface area contributed by atoms with Crippen LogP contribution >= 0.6 is 0 Å². The number of amides is 1. The lowest BCUT2D eigenvalue weighted by molar-refractivity contribution is -0.0440. The van der Waals surface area contributed by atoms with E-state index in [1.807, 2.05) is 13.8 Å². The number of benzene rings is 1. The van der Waals surface area contributed by atoms with E-state index in [1.165, 1.54) is 33.6 Å². The average Bonchev–Trinajstić information content (AvgIpc) is 2.45. The monoisotopic (exact) mass is 341 g/mol. The smallest absolute Gasteiger partial charge is 0.265 e. The van der Waals surface area contributed by atoms with E-state index < -0.39 is 10.0 Å². The zero-order valence-corrected chi connectivity index (χ0v) is 14.6. The van der Waals surface area contributed by atoms with Gasteiger partial charge in [-0.25, -0.2) is 13.4 Å². The normalized spacial score (nSPS) is 23.0. The second-order valence-electron chi connectivity index (χ2n) is 5.94. The van der Waals surface area contributed by atoms with Crippen molar-refractivity contribution in [3.8, 4) is 0 Å². The summed E-state index contributed by atoms with van der Waals surface area (Å²) in [5.74, 6) is -0.285. The van der Waals surface area contributed by atoms with Crippen LogP contribution in [0.25, 0.3) is 0 Å². The van der Waals surface area contributed by atoms with Crippen molar-refractivity contribution in [1.29, 1.82) is 0 Å². The first-order chi connectivity index (χ1) is 10.7. The number of hydrogen-bond acceptors (Lipinski definition) is 5. The van der Waals surface area contributed by atoms with Gasteiger partial charge in [0.2, 0.25) is 10.0 Å². The van der Waals surface area contributed by atoms with Crippen LogP contribution in [-0.2, 0) is 14.8 Å². The van der Waals surface area contributed by atoms with Crippen LogP contribution in [0, 0.1) is 0 Å². The van der Waals surface area contributed by atoms with Crippen LogP contribution in [0.1, 0.15) is 24.2 Å². The summed E-state index contributed by atoms with van der Waals surface area (Å²) in [4.78, 5) is 12.1. The largest absolute Gasteiger partial charge is 0.373 e. The first-order valence-electron chi connectivity index (χ1n) is 7.44. The number of hydrazine groups is 1. The summed E-state index contributed by atoms with van der Waals surface area (Å²) < 4.78 is 32.4. The Hall–Kier alpha value is -1.48. The highest BCUT2D eigenvalue weighted by Crippen LogP contribution is 2.21. The summed E-state index contributed by atoms with van der Waals surface area (Å²) in [6.45, 7) is 4.37. The summed E-state index contributed by atoms with van der Waals surface area (Å²) in [5, 5.41) is 1.53. The minimum atomic E-state index is -3.58. The van der Waals surface area contributed by atoms with Gasteiger partial charge in [0.15, 0.2) is 0 Å². The molecule has 0 unspecified atom stereocenters. The molecule has 23 heavy (non-hydrogen) atoms. The first kappa shape index (κ1) is 17.9. The topological polar surface area (TPSA) is 79.0 Å². The van der Waals surface area contributed by atoms with Crippen molar-refractivity contribution < 1.29 is 17.9 Å². The molecule has 1 aromatic rings. The fourth-order valence-corrected chi connectivity index (χ4v) is 4.11. The number of carbonyl (C=O) groups excluding carboxylic acids is 1. The number of hydrogen-bond donors (Lipinski definition) is 1. The third-order valence-corrected chi connectivity index (χ3v) is 5.31. The summed E-state index contributed by atoms with van der Waals surface area (Å²) >= 11 is 0. The van der Waals surface area contributed by atoms with Crippen LogP contribution in [0.5, 0.6) is 0 Å². The molecule has 1 aliphatic heterocycles. The van der Waals surface area contributed by atoms with Gasteiger partial charge in [-0.1, -0.05) is 0 Å². The van der Waals surface area contributed by atoms with Crippen LogP contribution in [0.2, 0.25) is 0 Å². The number of nitrogens with one attached hydrogen (secondary N) is 1. The lowest BCUT2D eigenvalue weighted by atomic mass is 10.2. The SMILES string of the molecule is C[C@@H]1CN(S(=O)(=O)c2ccc(C(=O)NN(C)C)cc2)C[C@@H](C)O1. The minimum Gasteiger partial charge on any atom is -0.373 e. The molecule has 1 heterocycles. The van der Waals surface area contributed by atoms with Crippen molar-refractivity contribution in [1.82, 2.24) is 14.7 Å². The van der Waals surface area contributed by atoms with Crippen molar-refractivity contribution >= 4 is 15.9 Å². The van der Waals surface area contributed by atoms with E-state index in [1.54, 1.807) is 14.1 Å². The molecule has 2 atom stereocenters. The quantitative estimate of drug-likeness (QED) is 0.815. The maximum atomic E-state index is 12.7. The number of carbonyl (C=O) groups is 1. The maximum absolute atomic E-state index is 12.7. The van der Waals surface area contributed by atoms with Gasteiger partial charge >= 0.3 is 0 Å². The highest BCUT2D eigenvalue weighted by molar-refractivity contribution is 7.89. The van der Waals surface area contributed by atoms with Gasteiger partial charge in [0.05, 0.1) is 17.1 Å². The molecule has 1 saturated heterocycles. The number of sulfonamides is 1. The summed E-state index contributed by atoms with van der Waals surface area (Å²) in [7, 11) is -0.170. The molecule has 128 valence electrons. The van der Waals surface area contributed by atoms with E-state index >= 15 is 0 Å². The van der Waals surface area contributed by atoms with E-state index in [0.29, 0.717) is 18.7 Å². The fourth-order valence-electron chi connectivity index (χ4n) is 2.52. The molecule has 0 radical (unpaired) electrons. The van der Waals surface area contributed by atoms with Crippen LogP contribution in [-0.4, -0.2) is 63.0 Å². The maximum Gasteiger partial charge on any atom is 0.265 e. The zero-order chi connectivity index (χ0) is 17.2. The molecule has 0 aromatic heterocycles. The Bertz CT molecular complexity index is 648. The number of rotatable bonds is 4. The summed E-state index contributed by atoms with van der Waals surface area (Å²) in [6.07, 6.45) is -0.280. The molecular weight excluding hydrogens is 318 g/mol. The van der Waals surface area contributed by atoms with Gasteiger partial charge in [0.25, 0.3) is 5.91 Å². The molecule has 8 heteroatoms. The second kappa shape index (κ2) is 6.96. The molecule has 7 nitrogen and oxygen atoms in total. The molecule has 1 amide bonds. The predicted molar refractivity (Wildman–Crippen MR) is 86.4 cm³/mol. The second-order valence-corrected chi connectivity index (χ2v) is 7.88. The van der Waals surface area contributed by atoms with Gasteiger partial charge in [0, 0.05) is 32.7 Å². The molecule has 2 rings (SSSR count). The van der Waals surface area contributed by atoms with Gasteiger partial charge in [-0.2, -0.15) is 4.31 Å². The van der Waals surface area contributed by atoms with Crippen molar-refractivity contribution in [3.05, 3.63) is 29.8 Å². The van der Waals surface area contributed by atoms with E-state index in [0.717, 1.165) is 0 Å². The average molecular weight is 341 g/mol. The van der Waals surface area contributed by atoms with Gasteiger partial charge in [-0.05, 0) is 38.1 Å². The molecular formula is C15H23N3O4S. The third-order valence-electron chi connectivity index (χ3n) is 3.47. The van der Waals surface area contributed by atoms with E-state index in [-0.39, 0.29) is 23.0 Å². The Labute approximate surface area is 137 Å². The Kier molecular flexibility index (Phi) is 5.41. The molecule has 0 bridgehead atoms. The summed E-state index contributed by atoms with van der Waals surface area (Å²) in [6, 6.07) is 5.95. The molecule has 1 N–H and O–H groups in total. The van der Waals surface area contributed by atoms with Gasteiger partial charge < -0.3 is 4.74 Å². The van der Waals surface area contributed by atoms with Gasteiger partial charge in [-0.3, -0.25) is 10.2 Å². The Morgan fingerprint density at radius 3 is 2.17 bits per heavy atom. The minimum absolute atomic E-state index is 0.140. The van der Waals surface area contributed by atoms with Crippen molar-refractivity contribution in [3.63, 3.8) is 0 Å². The number of morpholine rings is 1. The standard InChI is InChI=1S/C15H23N3O4S/c1-11-9-18(10-12(2)22-11)23(20,21)14-7-5-13(6-8-14)15(19)16-17(3)4/h5-8,11-12H,9-10H2,1-4H3,(H,16,19)/t11-,12-/m1/s1. The van der Waals surface area contributed by atoms with Gasteiger partial charge in [0.1, 0.15) is 0 Å². The van der Waals surface area contributed by atoms with Crippen LogP contribution in [0.4, 0.5) is 0 Å². The number of ether oxygens (including phenoxy) is 1. The third kappa shape index (κ3) is 4.29. The Morgan fingerprint density at radius 1 is 1.17 bits per heavy atom. The summed E-state index contributed by atoms with van der Waals surface area (Å²) in [5.41, 5.74) is 3.01. The molecule has 1 aliphatic rings. The van der Waals surface area contributed by atoms with Crippen molar-refractivity contribution in [2.75, 3.05) is 27.2 Å². The van der Waals surface area contributed by atoms with E-state index in [9.17, 15) is 13.2 Å². The Morgan fingerprint density at radius 2 is 1.70 bits per heavy atom. The zero-order valence-electron chi connectivity index (χ0n) is 13.8. The van der Waals surface area contributed by atoms with Crippen molar-refractivity contribution in [2.45, 2.75) is 31.0 Å². The van der Waals surface area contributed by atoms with Crippen LogP contribution in [0.15, 0.2) is 29.2 Å². The molecule has 0 spiro atoms. The van der Waals surface area contributed by atoms with Crippen molar-refractivity contribution in [2.24, 2.45) is 0 Å². The van der Waals surface area contributed by atoms with Crippen LogP contribution < -0.4 is 5.43 Å². The lowest BCUT2D eigenvalue weighted by Gasteiger charge is -2.34. The fraction of sp³-hybridized carbons (Fsp3) is 0.533. The molecule has 1 fully saturated rings. The molecule has 1 aromatic carbocycles. The predicted octanol–water partition coefficient (Wildman–Crippen LogP) is 0.691. The number of nitrogens with zero attached hydrogens (tertiary/aromatic N) is 2. The van der Waals surface area contributed by atoms with Crippen LogP contribution in [0.3, 0.4) is 0 Å². The highest BCUT2D eigenvalue weighted by atomic mass is 32.2. The highest BCUT2D eigenvalue weighted by Gasteiger charge is 2.32. The van der Waals surface area contributed by atoms with Gasteiger partial charge in [-0.15, -0.1) is 0 Å². The Balaban J connectivity index is 2.19. The first-order valence-corrected chi connectivity index (χ1v) is 8.88. The molecule has 0 saturated carbocycles. The van der Waals surface area contributed by atoms with E-state index in [4.69, 9.17) is 4.74 Å².